The van der Waals surface area contributed by atoms with E-state index in [-0.39, 0.29) is 0 Å². The number of alkyl halides is 1. The number of imidazole rings is 1. The molecule has 0 saturated carbocycles. The molecular formula is C13H16ClIN2. The van der Waals surface area contributed by atoms with Gasteiger partial charge in [0.1, 0.15) is 5.82 Å². The van der Waals surface area contributed by atoms with E-state index in [4.69, 9.17) is 11.6 Å². The summed E-state index contributed by atoms with van der Waals surface area (Å²) in [4.78, 5) is 4.62. The maximum Gasteiger partial charge on any atom is 0.125 e. The maximum atomic E-state index is 6.01. The number of nitrogens with zero attached hydrogens (tertiary/aromatic N) is 2. The lowest BCUT2D eigenvalue weighted by Gasteiger charge is -2.20. The lowest BCUT2D eigenvalue weighted by molar-refractivity contribution is 0.409. The molecule has 0 N–H and O–H groups in total. The van der Waals surface area contributed by atoms with Gasteiger partial charge in [0.25, 0.3) is 0 Å². The Morgan fingerprint density at radius 2 is 2.06 bits per heavy atom. The number of aromatic nitrogens is 2. The number of halogens is 2. The minimum atomic E-state index is 0.411. The topological polar surface area (TPSA) is 17.8 Å². The first kappa shape index (κ1) is 13.1. The van der Waals surface area contributed by atoms with Crippen molar-refractivity contribution in [2.24, 2.45) is 5.92 Å². The molecule has 0 fully saturated rings. The van der Waals surface area contributed by atoms with Crippen molar-refractivity contribution in [3.63, 3.8) is 0 Å². The van der Waals surface area contributed by atoms with Crippen LogP contribution >= 0.6 is 34.2 Å². The van der Waals surface area contributed by atoms with Crippen molar-refractivity contribution in [1.82, 2.24) is 9.55 Å². The first-order valence-electron chi connectivity index (χ1n) is 5.77. The summed E-state index contributed by atoms with van der Waals surface area (Å²) in [5.74, 6) is 1.99. The van der Waals surface area contributed by atoms with E-state index >= 15 is 0 Å². The van der Waals surface area contributed by atoms with Crippen molar-refractivity contribution in [3.8, 4) is 0 Å². The molecule has 1 heterocycles. The molecule has 1 atom stereocenters. The van der Waals surface area contributed by atoms with Gasteiger partial charge < -0.3 is 4.57 Å². The molecule has 2 nitrogen and oxygen atoms in total. The van der Waals surface area contributed by atoms with E-state index < -0.39 is 0 Å². The number of benzene rings is 1. The highest BCUT2D eigenvalue weighted by molar-refractivity contribution is 14.1. The van der Waals surface area contributed by atoms with Gasteiger partial charge in [0, 0.05) is 9.61 Å². The van der Waals surface area contributed by atoms with Crippen LogP contribution in [-0.4, -0.2) is 9.55 Å². The molecule has 4 heteroatoms. The second-order valence-corrected chi connectivity index (χ2v) is 6.16. The predicted octanol–water partition coefficient (Wildman–Crippen LogP) is 4.60. The van der Waals surface area contributed by atoms with Gasteiger partial charge in [-0.3, -0.25) is 0 Å². The van der Waals surface area contributed by atoms with Gasteiger partial charge in [-0.1, -0.05) is 13.8 Å². The monoisotopic (exact) mass is 362 g/mol. The molecule has 0 aliphatic carbocycles. The lowest BCUT2D eigenvalue weighted by atomic mass is 10.1. The molecule has 1 unspecified atom stereocenters. The average Bonchev–Trinajstić information content (AvgIpc) is 2.65. The molecule has 92 valence electrons. The summed E-state index contributed by atoms with van der Waals surface area (Å²) >= 11 is 8.32. The molecule has 1 aromatic heterocycles. The predicted molar refractivity (Wildman–Crippen MR) is 81.6 cm³/mol. The maximum absolute atomic E-state index is 6.01. The quantitative estimate of drug-likeness (QED) is 0.576. The lowest BCUT2D eigenvalue weighted by Crippen LogP contribution is -2.13. The van der Waals surface area contributed by atoms with E-state index in [1.54, 1.807) is 0 Å². The first-order valence-corrected chi connectivity index (χ1v) is 7.38. The Hall–Kier alpha value is -0.290. The van der Waals surface area contributed by atoms with Crippen molar-refractivity contribution in [3.05, 3.63) is 27.6 Å². The normalized spacial score (nSPS) is 13.5. The van der Waals surface area contributed by atoms with Crippen LogP contribution in [0.4, 0.5) is 0 Å². The molecular weight excluding hydrogens is 347 g/mol. The molecule has 2 rings (SSSR count). The third kappa shape index (κ3) is 2.45. The van der Waals surface area contributed by atoms with Gasteiger partial charge >= 0.3 is 0 Å². The zero-order chi connectivity index (χ0) is 12.6. The Bertz CT molecular complexity index is 533. The van der Waals surface area contributed by atoms with Crippen LogP contribution in [0.3, 0.4) is 0 Å². The van der Waals surface area contributed by atoms with Crippen molar-refractivity contribution in [2.45, 2.75) is 32.7 Å². The highest BCUT2D eigenvalue weighted by Crippen LogP contribution is 2.27. The summed E-state index contributed by atoms with van der Waals surface area (Å²) in [7, 11) is 0. The minimum absolute atomic E-state index is 0.411. The summed E-state index contributed by atoms with van der Waals surface area (Å²) in [6.45, 7) is 6.67. The fraction of sp³-hybridized carbons (Fsp3) is 0.462. The number of rotatable bonds is 3. The molecule has 17 heavy (non-hydrogen) atoms. The molecule has 0 amide bonds. The molecule has 0 spiro atoms. The summed E-state index contributed by atoms with van der Waals surface area (Å²) in [6.07, 6.45) is 0. The van der Waals surface area contributed by atoms with Crippen molar-refractivity contribution < 1.29 is 0 Å². The van der Waals surface area contributed by atoms with E-state index in [2.05, 4.69) is 71.1 Å². The minimum Gasteiger partial charge on any atom is -0.324 e. The van der Waals surface area contributed by atoms with Gasteiger partial charge in [-0.2, -0.15) is 0 Å². The van der Waals surface area contributed by atoms with Gasteiger partial charge in [0.15, 0.2) is 0 Å². The van der Waals surface area contributed by atoms with Crippen LogP contribution in [0.15, 0.2) is 18.2 Å². The Balaban J connectivity index is 2.66. The van der Waals surface area contributed by atoms with Crippen LogP contribution in [0.25, 0.3) is 11.0 Å². The number of hydrogen-bond acceptors (Lipinski definition) is 1. The smallest absolute Gasteiger partial charge is 0.125 e. The highest BCUT2D eigenvalue weighted by Gasteiger charge is 2.17. The number of hydrogen-bond donors (Lipinski definition) is 0. The van der Waals surface area contributed by atoms with E-state index in [0.717, 1.165) is 11.3 Å². The Labute approximate surface area is 121 Å². The van der Waals surface area contributed by atoms with Crippen LogP contribution in [0.5, 0.6) is 0 Å². The SMILES string of the molecule is CC(C)C(C)n1c(CCl)nc2cc(I)ccc21. The van der Waals surface area contributed by atoms with Gasteiger partial charge in [0.05, 0.1) is 16.9 Å². The van der Waals surface area contributed by atoms with Crippen molar-refractivity contribution in [1.29, 1.82) is 0 Å². The third-order valence-electron chi connectivity index (χ3n) is 3.22. The molecule has 1 aromatic carbocycles. The van der Waals surface area contributed by atoms with Crippen LogP contribution in [0.1, 0.15) is 32.6 Å². The van der Waals surface area contributed by atoms with Crippen LogP contribution in [-0.2, 0) is 5.88 Å². The van der Waals surface area contributed by atoms with Crippen molar-refractivity contribution >= 4 is 45.2 Å². The molecule has 0 saturated heterocycles. The van der Waals surface area contributed by atoms with Gasteiger partial charge in [-0.25, -0.2) is 4.98 Å². The largest absolute Gasteiger partial charge is 0.324 e. The van der Waals surface area contributed by atoms with Crippen molar-refractivity contribution in [2.75, 3.05) is 0 Å². The summed E-state index contributed by atoms with van der Waals surface area (Å²) in [5.41, 5.74) is 2.22. The fourth-order valence-electron chi connectivity index (χ4n) is 1.97. The molecule has 0 bridgehead atoms. The third-order valence-corrected chi connectivity index (χ3v) is 4.13. The summed E-state index contributed by atoms with van der Waals surface area (Å²) in [6, 6.07) is 6.77. The molecule has 0 aliphatic heterocycles. The first-order chi connectivity index (χ1) is 8.04. The van der Waals surface area contributed by atoms with Gasteiger partial charge in [-0.05, 0) is 53.6 Å². The number of fused-ring (bicyclic) bond motifs is 1. The van der Waals surface area contributed by atoms with E-state index in [9.17, 15) is 0 Å². The fourth-order valence-corrected chi connectivity index (χ4v) is 2.63. The van der Waals surface area contributed by atoms with Crippen LogP contribution in [0, 0.1) is 9.49 Å². The average molecular weight is 363 g/mol. The molecule has 0 radical (unpaired) electrons. The standard InChI is InChI=1S/C13H16ClIN2/c1-8(2)9(3)17-12-5-4-10(15)6-11(12)16-13(17)7-14/h4-6,8-9H,7H2,1-3H3. The zero-order valence-corrected chi connectivity index (χ0v) is 13.2. The van der Waals surface area contributed by atoms with Crippen LogP contribution < -0.4 is 0 Å². The Kier molecular flexibility index (Phi) is 3.98. The molecule has 2 aromatic rings. The van der Waals surface area contributed by atoms with Gasteiger partial charge in [0.2, 0.25) is 0 Å². The van der Waals surface area contributed by atoms with E-state index in [0.29, 0.717) is 17.8 Å². The second kappa shape index (κ2) is 5.14. The summed E-state index contributed by atoms with van der Waals surface area (Å²) in [5, 5.41) is 0. The zero-order valence-electron chi connectivity index (χ0n) is 10.2. The highest BCUT2D eigenvalue weighted by atomic mass is 127. The van der Waals surface area contributed by atoms with E-state index in [1.807, 2.05) is 0 Å². The summed E-state index contributed by atoms with van der Waals surface area (Å²) < 4.78 is 3.47. The Morgan fingerprint density at radius 1 is 1.35 bits per heavy atom. The van der Waals surface area contributed by atoms with Crippen LogP contribution in [0.2, 0.25) is 0 Å². The second-order valence-electron chi connectivity index (χ2n) is 4.65. The van der Waals surface area contributed by atoms with E-state index in [1.165, 1.54) is 9.09 Å². The molecule has 0 aliphatic rings. The van der Waals surface area contributed by atoms with Gasteiger partial charge in [-0.15, -0.1) is 11.6 Å². The Morgan fingerprint density at radius 3 is 2.65 bits per heavy atom.